The molecule has 0 aliphatic carbocycles. The zero-order valence-corrected chi connectivity index (χ0v) is 16.1. The summed E-state index contributed by atoms with van der Waals surface area (Å²) >= 11 is 1.54. The number of anilines is 1. The predicted molar refractivity (Wildman–Crippen MR) is 108 cm³/mol. The van der Waals surface area contributed by atoms with Crippen molar-refractivity contribution in [2.75, 3.05) is 18.0 Å². The molecule has 1 aliphatic rings. The average Bonchev–Trinajstić information content (AvgIpc) is 3.30. The Morgan fingerprint density at radius 1 is 1.44 bits per heavy atom. The number of hydrogen-bond acceptors (Lipinski definition) is 6. The Morgan fingerprint density at radius 2 is 2.33 bits per heavy atom. The van der Waals surface area contributed by atoms with Crippen molar-refractivity contribution in [2.24, 2.45) is 5.73 Å². The van der Waals surface area contributed by atoms with E-state index in [9.17, 15) is 4.79 Å². The fraction of sp³-hybridized carbons (Fsp3) is 0.421. The SMILES string of the molecule is CC#CCn1c(N2CCCC(N)C2)nc2ccn(Cc3nccs3)c(=O)c21. The van der Waals surface area contributed by atoms with E-state index in [-0.39, 0.29) is 11.6 Å². The first kappa shape index (κ1) is 17.8. The van der Waals surface area contributed by atoms with E-state index in [1.165, 1.54) is 0 Å². The molecule has 1 aliphatic heterocycles. The summed E-state index contributed by atoms with van der Waals surface area (Å²) in [5.74, 6) is 6.79. The van der Waals surface area contributed by atoms with Crippen molar-refractivity contribution in [1.82, 2.24) is 19.1 Å². The van der Waals surface area contributed by atoms with Crippen LogP contribution in [0.4, 0.5) is 5.95 Å². The van der Waals surface area contributed by atoms with Crippen LogP contribution in [0.3, 0.4) is 0 Å². The minimum Gasteiger partial charge on any atom is -0.341 e. The van der Waals surface area contributed by atoms with Crippen LogP contribution in [0.2, 0.25) is 0 Å². The molecule has 27 heavy (non-hydrogen) atoms. The number of nitrogens with zero attached hydrogens (tertiary/aromatic N) is 5. The van der Waals surface area contributed by atoms with Crippen LogP contribution in [0.15, 0.2) is 28.6 Å². The summed E-state index contributed by atoms with van der Waals surface area (Å²) in [6.07, 6.45) is 5.59. The number of hydrogen-bond donors (Lipinski definition) is 1. The zero-order chi connectivity index (χ0) is 18.8. The highest BCUT2D eigenvalue weighted by molar-refractivity contribution is 7.09. The number of rotatable bonds is 4. The predicted octanol–water partition coefficient (Wildman–Crippen LogP) is 1.65. The van der Waals surface area contributed by atoms with Gasteiger partial charge < -0.3 is 15.2 Å². The molecule has 2 N–H and O–H groups in total. The second kappa shape index (κ2) is 7.55. The molecule has 0 radical (unpaired) electrons. The van der Waals surface area contributed by atoms with E-state index >= 15 is 0 Å². The summed E-state index contributed by atoms with van der Waals surface area (Å²) < 4.78 is 3.62. The Labute approximate surface area is 161 Å². The van der Waals surface area contributed by atoms with Gasteiger partial charge in [-0.3, -0.25) is 9.36 Å². The zero-order valence-electron chi connectivity index (χ0n) is 15.3. The fourth-order valence-corrected chi connectivity index (χ4v) is 4.12. The highest BCUT2D eigenvalue weighted by Crippen LogP contribution is 2.23. The second-order valence-corrected chi connectivity index (χ2v) is 7.66. The quantitative estimate of drug-likeness (QED) is 0.694. The molecular weight excluding hydrogens is 360 g/mol. The summed E-state index contributed by atoms with van der Waals surface area (Å²) in [7, 11) is 0. The molecule has 0 aromatic carbocycles. The second-order valence-electron chi connectivity index (χ2n) is 6.68. The van der Waals surface area contributed by atoms with Gasteiger partial charge in [0.15, 0.2) is 0 Å². The molecule has 1 unspecified atom stereocenters. The fourth-order valence-electron chi connectivity index (χ4n) is 3.51. The number of piperidine rings is 1. The van der Waals surface area contributed by atoms with Gasteiger partial charge in [-0.05, 0) is 25.8 Å². The van der Waals surface area contributed by atoms with Gasteiger partial charge in [0.2, 0.25) is 5.95 Å². The van der Waals surface area contributed by atoms with Gasteiger partial charge in [-0.2, -0.15) is 0 Å². The number of thiazole rings is 1. The van der Waals surface area contributed by atoms with E-state index < -0.39 is 0 Å². The Hall–Kier alpha value is -2.63. The maximum absolute atomic E-state index is 13.2. The van der Waals surface area contributed by atoms with Crippen molar-refractivity contribution in [1.29, 1.82) is 0 Å². The van der Waals surface area contributed by atoms with Crippen LogP contribution in [-0.4, -0.2) is 38.2 Å². The van der Waals surface area contributed by atoms with Crippen molar-refractivity contribution >= 4 is 28.3 Å². The molecule has 3 aromatic heterocycles. The summed E-state index contributed by atoms with van der Waals surface area (Å²) in [6.45, 7) is 4.34. The smallest absolute Gasteiger partial charge is 0.277 e. The Morgan fingerprint density at radius 3 is 3.07 bits per heavy atom. The van der Waals surface area contributed by atoms with Crippen LogP contribution in [-0.2, 0) is 13.1 Å². The first-order chi connectivity index (χ1) is 13.2. The molecule has 3 aromatic rings. The van der Waals surface area contributed by atoms with Crippen LogP contribution < -0.4 is 16.2 Å². The average molecular weight is 382 g/mol. The van der Waals surface area contributed by atoms with Crippen molar-refractivity contribution in [3.05, 3.63) is 39.2 Å². The molecular formula is C19H22N6OS. The monoisotopic (exact) mass is 382 g/mol. The molecule has 8 heteroatoms. The van der Waals surface area contributed by atoms with Crippen molar-refractivity contribution in [3.63, 3.8) is 0 Å². The van der Waals surface area contributed by atoms with E-state index in [0.29, 0.717) is 24.1 Å². The van der Waals surface area contributed by atoms with E-state index in [1.807, 2.05) is 16.0 Å². The standard InChI is InChI=1S/C19H22N6OS/c1-2-3-9-25-17-15(22-19(25)24-8-4-5-14(20)12-24)6-10-23(18(17)26)13-16-21-7-11-27-16/h6-7,10-11,14H,4-5,8-9,12-13,20H2,1H3. The van der Waals surface area contributed by atoms with Gasteiger partial charge in [-0.25, -0.2) is 9.97 Å². The van der Waals surface area contributed by atoms with Gasteiger partial charge in [0, 0.05) is 36.9 Å². The number of nitrogens with two attached hydrogens (primary N) is 1. The van der Waals surface area contributed by atoms with Crippen LogP contribution >= 0.6 is 11.3 Å². The molecule has 140 valence electrons. The number of imidazole rings is 1. The van der Waals surface area contributed by atoms with Crippen molar-refractivity contribution in [3.8, 4) is 11.8 Å². The van der Waals surface area contributed by atoms with Crippen LogP contribution in [0.5, 0.6) is 0 Å². The largest absolute Gasteiger partial charge is 0.341 e. The maximum atomic E-state index is 13.2. The lowest BCUT2D eigenvalue weighted by Crippen LogP contribution is -2.44. The van der Waals surface area contributed by atoms with Crippen molar-refractivity contribution in [2.45, 2.75) is 38.9 Å². The van der Waals surface area contributed by atoms with Gasteiger partial charge in [0.1, 0.15) is 10.5 Å². The lowest BCUT2D eigenvalue weighted by Gasteiger charge is -2.31. The third-order valence-electron chi connectivity index (χ3n) is 4.79. The van der Waals surface area contributed by atoms with Gasteiger partial charge in [0.25, 0.3) is 5.56 Å². The van der Waals surface area contributed by atoms with Crippen molar-refractivity contribution < 1.29 is 0 Å². The minimum absolute atomic E-state index is 0.0688. The van der Waals surface area contributed by atoms with Crippen LogP contribution in [0.1, 0.15) is 24.8 Å². The third kappa shape index (κ3) is 3.48. The van der Waals surface area contributed by atoms with Crippen LogP contribution in [0.25, 0.3) is 11.0 Å². The van der Waals surface area contributed by atoms with Gasteiger partial charge in [-0.1, -0.05) is 5.92 Å². The lowest BCUT2D eigenvalue weighted by molar-refractivity contribution is 0.496. The summed E-state index contributed by atoms with van der Waals surface area (Å²) in [6, 6.07) is 2.03. The van der Waals surface area contributed by atoms with E-state index in [4.69, 9.17) is 10.7 Å². The first-order valence-electron chi connectivity index (χ1n) is 9.05. The highest BCUT2D eigenvalue weighted by Gasteiger charge is 2.24. The number of aromatic nitrogens is 4. The van der Waals surface area contributed by atoms with Gasteiger partial charge >= 0.3 is 0 Å². The Bertz CT molecular complexity index is 1060. The maximum Gasteiger partial charge on any atom is 0.277 e. The van der Waals surface area contributed by atoms with E-state index in [0.717, 1.165) is 36.9 Å². The molecule has 1 fully saturated rings. The molecule has 7 nitrogen and oxygen atoms in total. The minimum atomic E-state index is -0.0688. The number of fused-ring (bicyclic) bond motifs is 1. The summed E-state index contributed by atoms with van der Waals surface area (Å²) in [5, 5.41) is 2.82. The lowest BCUT2D eigenvalue weighted by atomic mass is 10.1. The highest BCUT2D eigenvalue weighted by atomic mass is 32.1. The molecule has 1 saturated heterocycles. The van der Waals surface area contributed by atoms with E-state index in [1.54, 1.807) is 35.2 Å². The molecule has 0 amide bonds. The van der Waals surface area contributed by atoms with Crippen LogP contribution in [0, 0.1) is 11.8 Å². The summed E-state index contributed by atoms with van der Waals surface area (Å²) in [5.41, 5.74) is 7.38. The number of pyridine rings is 1. The first-order valence-corrected chi connectivity index (χ1v) is 9.93. The Kier molecular flexibility index (Phi) is 4.97. The van der Waals surface area contributed by atoms with Gasteiger partial charge in [0.05, 0.1) is 18.6 Å². The molecule has 0 saturated carbocycles. The third-order valence-corrected chi connectivity index (χ3v) is 5.56. The normalized spacial score (nSPS) is 17.1. The Balaban J connectivity index is 1.82. The molecule has 0 bridgehead atoms. The molecule has 0 spiro atoms. The van der Waals surface area contributed by atoms with E-state index in [2.05, 4.69) is 21.7 Å². The summed E-state index contributed by atoms with van der Waals surface area (Å²) in [4.78, 5) is 24.4. The molecule has 1 atom stereocenters. The molecule has 4 rings (SSSR count). The van der Waals surface area contributed by atoms with Gasteiger partial charge in [-0.15, -0.1) is 17.3 Å². The molecule has 4 heterocycles. The topological polar surface area (TPSA) is 82.0 Å².